The maximum Gasteiger partial charge on any atom is 0.281 e. The Balaban J connectivity index is 3.88. The van der Waals surface area contributed by atoms with Crippen LogP contribution in [-0.4, -0.2) is 18.5 Å². The Morgan fingerprint density at radius 1 is 1.11 bits per heavy atom. The van der Waals surface area contributed by atoms with E-state index < -0.39 is 18.5 Å². The van der Waals surface area contributed by atoms with Gasteiger partial charge in [0, 0.05) is 6.92 Å². The molecule has 0 fully saturated rings. The van der Waals surface area contributed by atoms with Crippen molar-refractivity contribution in [1.29, 1.82) is 0 Å². The zero-order valence-electron chi connectivity index (χ0n) is 4.54. The van der Waals surface area contributed by atoms with E-state index in [-0.39, 0.29) is 6.92 Å². The Hall–Kier alpha value is -0.350. The van der Waals surface area contributed by atoms with Crippen LogP contribution in [0.3, 0.4) is 0 Å². The van der Waals surface area contributed by atoms with Crippen LogP contribution < -0.4 is 0 Å². The van der Waals surface area contributed by atoms with Crippen LogP contribution in [0.25, 0.3) is 0 Å². The molecule has 5 heteroatoms. The molecule has 0 saturated heterocycles. The van der Waals surface area contributed by atoms with E-state index in [1.54, 1.807) is 0 Å². The van der Waals surface area contributed by atoms with Crippen LogP contribution in [0.4, 0.5) is 22.0 Å². The van der Waals surface area contributed by atoms with E-state index in [4.69, 9.17) is 0 Å². The third kappa shape index (κ3) is 2.62. The van der Waals surface area contributed by atoms with Crippen LogP contribution in [0, 0.1) is 0 Å². The van der Waals surface area contributed by atoms with Gasteiger partial charge in [0.1, 0.15) is 0 Å². The van der Waals surface area contributed by atoms with Gasteiger partial charge in [0.15, 0.2) is 0 Å². The quantitative estimate of drug-likeness (QED) is 0.527. The lowest BCUT2D eigenvalue weighted by Gasteiger charge is -2.13. The summed E-state index contributed by atoms with van der Waals surface area (Å²) in [5.74, 6) is -3.94. The molecule has 0 aromatic rings. The van der Waals surface area contributed by atoms with Gasteiger partial charge in [-0.25, -0.2) is 22.0 Å². The van der Waals surface area contributed by atoms with Crippen molar-refractivity contribution in [2.75, 3.05) is 0 Å². The van der Waals surface area contributed by atoms with Crippen molar-refractivity contribution in [1.82, 2.24) is 0 Å². The van der Waals surface area contributed by atoms with Gasteiger partial charge in [0.2, 0.25) is 6.17 Å². The van der Waals surface area contributed by atoms with E-state index >= 15 is 0 Å². The van der Waals surface area contributed by atoms with Crippen molar-refractivity contribution >= 4 is 0 Å². The summed E-state index contributed by atoms with van der Waals surface area (Å²) in [7, 11) is 0. The van der Waals surface area contributed by atoms with Crippen LogP contribution in [0.15, 0.2) is 0 Å². The second-order valence-corrected chi connectivity index (χ2v) is 1.69. The minimum absolute atomic E-state index is 0.115. The first-order chi connectivity index (χ1) is 3.85. The fraction of sp³-hybridized carbons (Fsp3) is 1.00. The number of hydrogen-bond donors (Lipinski definition) is 0. The van der Waals surface area contributed by atoms with Crippen LogP contribution in [0.1, 0.15) is 6.92 Å². The molecule has 1 atom stereocenters. The first-order valence-corrected chi connectivity index (χ1v) is 2.15. The minimum Gasteiger partial charge on any atom is -0.234 e. The first kappa shape index (κ1) is 8.65. The van der Waals surface area contributed by atoms with Crippen molar-refractivity contribution < 1.29 is 22.0 Å². The molecule has 0 heterocycles. The standard InChI is InChI=1S/C4H5F5/c1-4(8,9)2(5)3(6)7/h2-3H,1H3. The molecule has 0 radical (unpaired) electrons. The lowest BCUT2D eigenvalue weighted by atomic mass is 10.2. The monoisotopic (exact) mass is 148 g/mol. The van der Waals surface area contributed by atoms with Gasteiger partial charge in [0.05, 0.1) is 0 Å². The topological polar surface area (TPSA) is 0 Å². The first-order valence-electron chi connectivity index (χ1n) is 2.15. The van der Waals surface area contributed by atoms with E-state index in [9.17, 15) is 22.0 Å². The van der Waals surface area contributed by atoms with Gasteiger partial charge in [-0.2, -0.15) is 0 Å². The fourth-order valence-corrected chi connectivity index (χ4v) is 0.221. The van der Waals surface area contributed by atoms with E-state index in [2.05, 4.69) is 0 Å². The highest BCUT2D eigenvalue weighted by Gasteiger charge is 2.41. The highest BCUT2D eigenvalue weighted by atomic mass is 19.3. The second-order valence-electron chi connectivity index (χ2n) is 1.69. The normalized spacial score (nSPS) is 16.3. The highest BCUT2D eigenvalue weighted by molar-refractivity contribution is 4.72. The summed E-state index contributed by atoms with van der Waals surface area (Å²) < 4.78 is 56.7. The SMILES string of the molecule is CC(F)(F)C(F)C(F)F. The Labute approximate surface area is 48.7 Å². The highest BCUT2D eigenvalue weighted by Crippen LogP contribution is 2.24. The van der Waals surface area contributed by atoms with E-state index in [0.29, 0.717) is 0 Å². The van der Waals surface area contributed by atoms with Gasteiger partial charge in [-0.1, -0.05) is 0 Å². The summed E-state index contributed by atoms with van der Waals surface area (Å²) >= 11 is 0. The Kier molecular flexibility index (Phi) is 2.40. The molecule has 0 saturated carbocycles. The van der Waals surface area contributed by atoms with Crippen LogP contribution in [-0.2, 0) is 0 Å². The largest absolute Gasteiger partial charge is 0.281 e. The molecule has 0 spiro atoms. The third-order valence-corrected chi connectivity index (χ3v) is 0.705. The van der Waals surface area contributed by atoms with Crippen LogP contribution >= 0.6 is 0 Å². The summed E-state index contributed by atoms with van der Waals surface area (Å²) in [6.45, 7) is 0.115. The predicted octanol–water partition coefficient (Wildman–Crippen LogP) is 2.24. The van der Waals surface area contributed by atoms with E-state index in [1.165, 1.54) is 0 Å². The maximum atomic E-state index is 11.5. The third-order valence-electron chi connectivity index (χ3n) is 0.705. The van der Waals surface area contributed by atoms with Crippen molar-refractivity contribution in [3.63, 3.8) is 0 Å². The summed E-state index contributed by atoms with van der Waals surface area (Å²) in [4.78, 5) is 0. The molecule has 0 amide bonds. The van der Waals surface area contributed by atoms with Gasteiger partial charge in [-0.3, -0.25) is 0 Å². The number of hydrogen-bond acceptors (Lipinski definition) is 0. The van der Waals surface area contributed by atoms with Crippen LogP contribution in [0.5, 0.6) is 0 Å². The lowest BCUT2D eigenvalue weighted by Crippen LogP contribution is -2.32. The molecule has 9 heavy (non-hydrogen) atoms. The van der Waals surface area contributed by atoms with Gasteiger partial charge >= 0.3 is 0 Å². The lowest BCUT2D eigenvalue weighted by molar-refractivity contribution is -0.114. The van der Waals surface area contributed by atoms with Crippen molar-refractivity contribution in [3.8, 4) is 0 Å². The van der Waals surface area contributed by atoms with Crippen molar-refractivity contribution in [3.05, 3.63) is 0 Å². The van der Waals surface area contributed by atoms with E-state index in [1.807, 2.05) is 0 Å². The van der Waals surface area contributed by atoms with E-state index in [0.717, 1.165) is 0 Å². The average Bonchev–Trinajstić information content (AvgIpc) is 1.62. The molecule has 56 valence electrons. The molecule has 0 aliphatic rings. The molecule has 0 bridgehead atoms. The molecule has 0 N–H and O–H groups in total. The zero-order chi connectivity index (χ0) is 7.65. The average molecular weight is 148 g/mol. The maximum absolute atomic E-state index is 11.5. The second kappa shape index (κ2) is 2.49. The molecule has 0 aromatic carbocycles. The summed E-state index contributed by atoms with van der Waals surface area (Å²) in [6, 6.07) is 0. The van der Waals surface area contributed by atoms with Crippen molar-refractivity contribution in [2.45, 2.75) is 25.4 Å². The summed E-state index contributed by atoms with van der Waals surface area (Å²) in [5, 5.41) is 0. The summed E-state index contributed by atoms with van der Waals surface area (Å²) in [6.07, 6.45) is -6.96. The molecule has 1 unspecified atom stereocenters. The van der Waals surface area contributed by atoms with Gasteiger partial charge in [-0.15, -0.1) is 0 Å². The fourth-order valence-electron chi connectivity index (χ4n) is 0.221. The Bertz CT molecular complexity index is 83.4. The van der Waals surface area contributed by atoms with Crippen molar-refractivity contribution in [2.24, 2.45) is 0 Å². The molecule has 0 aliphatic heterocycles. The zero-order valence-corrected chi connectivity index (χ0v) is 4.54. The van der Waals surface area contributed by atoms with Gasteiger partial charge < -0.3 is 0 Å². The molecule has 0 aromatic heterocycles. The number of alkyl halides is 5. The summed E-state index contributed by atoms with van der Waals surface area (Å²) in [5.41, 5.74) is 0. The molecule has 0 rings (SSSR count). The molecular formula is C4H5F5. The molecule has 0 nitrogen and oxygen atoms in total. The van der Waals surface area contributed by atoms with Crippen LogP contribution in [0.2, 0.25) is 0 Å². The minimum atomic E-state index is -3.94. The number of rotatable bonds is 2. The number of halogens is 5. The molecule has 0 aliphatic carbocycles. The molecular weight excluding hydrogens is 143 g/mol. The smallest absolute Gasteiger partial charge is 0.234 e. The van der Waals surface area contributed by atoms with Gasteiger partial charge in [0.25, 0.3) is 12.3 Å². The van der Waals surface area contributed by atoms with Gasteiger partial charge in [-0.05, 0) is 0 Å². The Morgan fingerprint density at radius 3 is 1.44 bits per heavy atom. The Morgan fingerprint density at radius 2 is 1.44 bits per heavy atom. The predicted molar refractivity (Wildman–Crippen MR) is 21.5 cm³/mol.